The lowest BCUT2D eigenvalue weighted by Gasteiger charge is -2.31. The van der Waals surface area contributed by atoms with Gasteiger partial charge >= 0.3 is 5.97 Å². The minimum atomic E-state index is -0.634. The lowest BCUT2D eigenvalue weighted by atomic mass is 9.78. The number of carboxylic acids is 1. The van der Waals surface area contributed by atoms with E-state index in [4.69, 9.17) is 0 Å². The standard InChI is InChI=1S/C12H21NO2/c14-11(15)12(7-4-8-13-12)9-10-5-2-1-3-6-10/h10,13H,1-9H2,(H,14,15). The van der Waals surface area contributed by atoms with Crippen molar-refractivity contribution >= 4 is 5.97 Å². The van der Waals surface area contributed by atoms with Crippen molar-refractivity contribution in [2.24, 2.45) is 5.92 Å². The largest absolute Gasteiger partial charge is 0.480 e. The van der Waals surface area contributed by atoms with Gasteiger partial charge in [0, 0.05) is 0 Å². The van der Waals surface area contributed by atoms with Gasteiger partial charge in [-0.3, -0.25) is 4.79 Å². The molecular formula is C12H21NO2. The van der Waals surface area contributed by atoms with Gasteiger partial charge in [0.05, 0.1) is 0 Å². The summed E-state index contributed by atoms with van der Waals surface area (Å²) in [6.45, 7) is 0.874. The van der Waals surface area contributed by atoms with E-state index >= 15 is 0 Å². The SMILES string of the molecule is O=C(O)C1(CC2CCCCC2)CCCN1. The Balaban J connectivity index is 1.96. The van der Waals surface area contributed by atoms with Crippen LogP contribution in [-0.4, -0.2) is 23.2 Å². The second-order valence-corrected chi connectivity index (χ2v) is 5.13. The molecule has 1 saturated heterocycles. The van der Waals surface area contributed by atoms with Gasteiger partial charge in [-0.05, 0) is 31.7 Å². The van der Waals surface area contributed by atoms with Gasteiger partial charge in [-0.2, -0.15) is 0 Å². The first-order valence-electron chi connectivity index (χ1n) is 6.21. The summed E-state index contributed by atoms with van der Waals surface area (Å²) in [5.41, 5.74) is -0.581. The molecule has 3 nitrogen and oxygen atoms in total. The van der Waals surface area contributed by atoms with Gasteiger partial charge in [0.2, 0.25) is 0 Å². The topological polar surface area (TPSA) is 49.3 Å². The third kappa shape index (κ3) is 2.33. The fourth-order valence-corrected chi connectivity index (χ4v) is 3.13. The molecule has 1 saturated carbocycles. The smallest absolute Gasteiger partial charge is 0.323 e. The first kappa shape index (κ1) is 10.9. The predicted octanol–water partition coefficient (Wildman–Crippen LogP) is 2.16. The Morgan fingerprint density at radius 2 is 2.00 bits per heavy atom. The Morgan fingerprint density at radius 3 is 2.53 bits per heavy atom. The lowest BCUT2D eigenvalue weighted by molar-refractivity contribution is -0.145. The quantitative estimate of drug-likeness (QED) is 0.752. The highest BCUT2D eigenvalue weighted by molar-refractivity contribution is 5.79. The molecule has 0 bridgehead atoms. The molecule has 2 N–H and O–H groups in total. The Kier molecular flexibility index (Phi) is 3.29. The molecule has 1 aliphatic heterocycles. The van der Waals surface area contributed by atoms with Crippen LogP contribution in [0.4, 0.5) is 0 Å². The van der Waals surface area contributed by atoms with E-state index in [0.717, 1.165) is 25.8 Å². The molecule has 3 heteroatoms. The highest BCUT2D eigenvalue weighted by Gasteiger charge is 2.42. The highest BCUT2D eigenvalue weighted by Crippen LogP contribution is 2.34. The Morgan fingerprint density at radius 1 is 1.27 bits per heavy atom. The molecule has 2 aliphatic rings. The van der Waals surface area contributed by atoms with Crippen LogP contribution in [0.2, 0.25) is 0 Å². The van der Waals surface area contributed by atoms with E-state index in [-0.39, 0.29) is 0 Å². The minimum absolute atomic E-state index is 0.581. The first-order chi connectivity index (χ1) is 7.23. The second kappa shape index (κ2) is 4.52. The Labute approximate surface area is 91.2 Å². The van der Waals surface area contributed by atoms with Crippen LogP contribution in [0.15, 0.2) is 0 Å². The molecule has 1 unspecified atom stereocenters. The molecule has 2 fully saturated rings. The molecule has 0 radical (unpaired) electrons. The monoisotopic (exact) mass is 211 g/mol. The molecule has 0 amide bonds. The van der Waals surface area contributed by atoms with E-state index in [9.17, 15) is 9.90 Å². The molecule has 86 valence electrons. The summed E-state index contributed by atoms with van der Waals surface area (Å²) in [5.74, 6) is 0.00558. The van der Waals surface area contributed by atoms with Crippen LogP contribution in [0.1, 0.15) is 51.4 Å². The summed E-state index contributed by atoms with van der Waals surface area (Å²) in [6, 6.07) is 0. The maximum Gasteiger partial charge on any atom is 0.323 e. The lowest BCUT2D eigenvalue weighted by Crippen LogP contribution is -2.49. The minimum Gasteiger partial charge on any atom is -0.480 e. The van der Waals surface area contributed by atoms with Gasteiger partial charge in [0.25, 0.3) is 0 Å². The van der Waals surface area contributed by atoms with Crippen molar-refractivity contribution in [2.75, 3.05) is 6.54 Å². The van der Waals surface area contributed by atoms with Crippen molar-refractivity contribution < 1.29 is 9.90 Å². The van der Waals surface area contributed by atoms with E-state index in [1.165, 1.54) is 32.1 Å². The van der Waals surface area contributed by atoms with Crippen LogP contribution >= 0.6 is 0 Å². The summed E-state index contributed by atoms with van der Waals surface area (Å²) in [7, 11) is 0. The summed E-state index contributed by atoms with van der Waals surface area (Å²) in [5, 5.41) is 12.5. The number of nitrogens with one attached hydrogen (secondary N) is 1. The van der Waals surface area contributed by atoms with Crippen LogP contribution in [0.5, 0.6) is 0 Å². The van der Waals surface area contributed by atoms with Crippen molar-refractivity contribution in [2.45, 2.75) is 56.9 Å². The molecule has 0 spiro atoms. The van der Waals surface area contributed by atoms with Gasteiger partial charge in [-0.1, -0.05) is 32.1 Å². The van der Waals surface area contributed by atoms with Crippen molar-refractivity contribution in [3.05, 3.63) is 0 Å². The van der Waals surface area contributed by atoms with Crippen LogP contribution in [0.3, 0.4) is 0 Å². The average Bonchev–Trinajstić information content (AvgIpc) is 2.69. The zero-order valence-electron chi connectivity index (χ0n) is 9.30. The van der Waals surface area contributed by atoms with Crippen molar-refractivity contribution in [3.63, 3.8) is 0 Å². The summed E-state index contributed by atoms with van der Waals surface area (Å²) in [4.78, 5) is 11.3. The van der Waals surface area contributed by atoms with Crippen molar-refractivity contribution in [1.82, 2.24) is 5.32 Å². The highest BCUT2D eigenvalue weighted by atomic mass is 16.4. The number of carbonyl (C=O) groups is 1. The van der Waals surface area contributed by atoms with Gasteiger partial charge in [0.1, 0.15) is 5.54 Å². The van der Waals surface area contributed by atoms with E-state index in [1.807, 2.05) is 0 Å². The third-order valence-corrected chi connectivity index (χ3v) is 4.01. The first-order valence-corrected chi connectivity index (χ1v) is 6.21. The van der Waals surface area contributed by atoms with Gasteiger partial charge in [-0.25, -0.2) is 0 Å². The van der Waals surface area contributed by atoms with E-state index in [0.29, 0.717) is 5.92 Å². The number of hydrogen-bond acceptors (Lipinski definition) is 2. The molecule has 1 aliphatic carbocycles. The second-order valence-electron chi connectivity index (χ2n) is 5.13. The fourth-order valence-electron chi connectivity index (χ4n) is 3.13. The van der Waals surface area contributed by atoms with E-state index in [1.54, 1.807) is 0 Å². The molecule has 0 aromatic rings. The van der Waals surface area contributed by atoms with E-state index < -0.39 is 11.5 Å². The third-order valence-electron chi connectivity index (χ3n) is 4.01. The Bertz CT molecular complexity index is 228. The Hall–Kier alpha value is -0.570. The number of rotatable bonds is 3. The van der Waals surface area contributed by atoms with Gasteiger partial charge < -0.3 is 10.4 Å². The molecule has 1 atom stereocenters. The van der Waals surface area contributed by atoms with Crippen molar-refractivity contribution in [3.8, 4) is 0 Å². The zero-order valence-corrected chi connectivity index (χ0v) is 9.30. The molecule has 2 rings (SSSR count). The number of hydrogen-bond donors (Lipinski definition) is 2. The maximum absolute atomic E-state index is 11.3. The van der Waals surface area contributed by atoms with Crippen LogP contribution < -0.4 is 5.32 Å². The van der Waals surface area contributed by atoms with Crippen LogP contribution in [0.25, 0.3) is 0 Å². The molecule has 0 aromatic carbocycles. The maximum atomic E-state index is 11.3. The molecular weight excluding hydrogens is 190 g/mol. The summed E-state index contributed by atoms with van der Waals surface area (Å²) < 4.78 is 0. The van der Waals surface area contributed by atoms with Crippen molar-refractivity contribution in [1.29, 1.82) is 0 Å². The van der Waals surface area contributed by atoms with E-state index in [2.05, 4.69) is 5.32 Å². The van der Waals surface area contributed by atoms with Crippen LogP contribution in [-0.2, 0) is 4.79 Å². The summed E-state index contributed by atoms with van der Waals surface area (Å²) >= 11 is 0. The van der Waals surface area contributed by atoms with Gasteiger partial charge in [0.15, 0.2) is 0 Å². The average molecular weight is 211 g/mol. The van der Waals surface area contributed by atoms with Crippen LogP contribution in [0, 0.1) is 5.92 Å². The normalized spacial score (nSPS) is 33.1. The van der Waals surface area contributed by atoms with Gasteiger partial charge in [-0.15, -0.1) is 0 Å². The number of carboxylic acid groups (broad SMARTS) is 1. The molecule has 0 aromatic heterocycles. The summed E-state index contributed by atoms with van der Waals surface area (Å²) in [6.07, 6.45) is 9.07. The predicted molar refractivity (Wildman–Crippen MR) is 58.8 cm³/mol. The number of aliphatic carboxylic acids is 1. The molecule has 1 heterocycles. The zero-order chi connectivity index (χ0) is 10.7. The molecule has 15 heavy (non-hydrogen) atoms. The fraction of sp³-hybridized carbons (Fsp3) is 0.917.